The Morgan fingerprint density at radius 3 is 2.46 bits per heavy atom. The largest absolute Gasteiger partial charge is 0.461 e. The minimum Gasteiger partial charge on any atom is -0.461 e. The van der Waals surface area contributed by atoms with Crippen LogP contribution in [0.3, 0.4) is 0 Å². The first-order valence-electron chi connectivity index (χ1n) is 8.77. The van der Waals surface area contributed by atoms with Gasteiger partial charge in [-0.2, -0.15) is 0 Å². The van der Waals surface area contributed by atoms with Gasteiger partial charge in [0.2, 0.25) is 0 Å². The van der Waals surface area contributed by atoms with E-state index in [1.807, 2.05) is 36.1 Å². The van der Waals surface area contributed by atoms with Gasteiger partial charge in [-0.05, 0) is 30.3 Å². The van der Waals surface area contributed by atoms with Crippen LogP contribution in [0.25, 0.3) is 11.0 Å². The van der Waals surface area contributed by atoms with E-state index < -0.39 is 10.0 Å². The van der Waals surface area contributed by atoms with Crippen LogP contribution in [-0.4, -0.2) is 33.4 Å². The number of aryl methyl sites for hydroxylation is 1. The summed E-state index contributed by atoms with van der Waals surface area (Å²) in [6.45, 7) is 2.40. The maximum absolute atomic E-state index is 12.8. The van der Waals surface area contributed by atoms with Gasteiger partial charge < -0.3 is 9.32 Å². The van der Waals surface area contributed by atoms with Crippen LogP contribution < -0.4 is 4.89 Å². The van der Waals surface area contributed by atoms with Crippen LogP contribution in [0.5, 0.6) is 0 Å². The molecule has 0 atom stereocenters. The van der Waals surface area contributed by atoms with E-state index in [0.29, 0.717) is 12.1 Å². The molecule has 1 aromatic heterocycles. The van der Waals surface area contributed by atoms with Gasteiger partial charge in [-0.3, -0.25) is 9.63 Å². The normalized spacial score (nSPS) is 11.7. The van der Waals surface area contributed by atoms with Crippen LogP contribution >= 0.6 is 0 Å². The topological polar surface area (TPSA) is 88.9 Å². The molecule has 0 saturated carbocycles. The molecule has 2 aromatic carbocycles. The third-order valence-electron chi connectivity index (χ3n) is 4.45. The predicted molar refractivity (Wildman–Crippen MR) is 105 cm³/mol. The monoisotopic (exact) mass is 402 g/mol. The molecule has 0 bridgehead atoms. The average molecular weight is 402 g/mol. The number of sulfonamides is 1. The molecule has 3 aromatic rings. The summed E-state index contributed by atoms with van der Waals surface area (Å²) in [4.78, 5) is 20.8. The molecule has 0 spiro atoms. The SMILES string of the molecule is CCc1oc2ccccc2c1CN(C)C(=O)c1ccc(S(=O)(=O)NOC)cc1. The van der Waals surface area contributed by atoms with E-state index in [1.165, 1.54) is 31.4 Å². The Hall–Kier alpha value is -2.68. The van der Waals surface area contributed by atoms with Gasteiger partial charge in [0.25, 0.3) is 15.9 Å². The Labute approximate surface area is 163 Å². The first kappa shape index (κ1) is 20.1. The molecular weight excluding hydrogens is 380 g/mol. The summed E-state index contributed by atoms with van der Waals surface area (Å²) < 4.78 is 29.7. The molecule has 0 unspecified atom stereocenters. The van der Waals surface area contributed by atoms with Crippen molar-refractivity contribution in [2.45, 2.75) is 24.8 Å². The maximum Gasteiger partial charge on any atom is 0.262 e. The number of nitrogens with zero attached hydrogens (tertiary/aromatic N) is 1. The lowest BCUT2D eigenvalue weighted by Crippen LogP contribution is -2.27. The van der Waals surface area contributed by atoms with Gasteiger partial charge >= 0.3 is 0 Å². The van der Waals surface area contributed by atoms with Crippen molar-refractivity contribution in [3.63, 3.8) is 0 Å². The molecule has 8 heteroatoms. The minimum atomic E-state index is -3.76. The van der Waals surface area contributed by atoms with Gasteiger partial charge in [0.05, 0.1) is 12.0 Å². The minimum absolute atomic E-state index is 0.0163. The van der Waals surface area contributed by atoms with E-state index in [9.17, 15) is 13.2 Å². The van der Waals surface area contributed by atoms with Crippen LogP contribution in [0.4, 0.5) is 0 Å². The van der Waals surface area contributed by atoms with Crippen molar-refractivity contribution in [1.82, 2.24) is 9.79 Å². The summed E-state index contributed by atoms with van der Waals surface area (Å²) in [7, 11) is -0.831. The fourth-order valence-electron chi connectivity index (χ4n) is 3.07. The average Bonchev–Trinajstić information content (AvgIpc) is 3.05. The highest BCUT2D eigenvalue weighted by atomic mass is 32.2. The predicted octanol–water partition coefficient (Wildman–Crippen LogP) is 3.11. The maximum atomic E-state index is 12.8. The lowest BCUT2D eigenvalue weighted by Gasteiger charge is -2.17. The molecule has 0 fully saturated rings. The first-order chi connectivity index (χ1) is 13.4. The second kappa shape index (κ2) is 8.14. The highest BCUT2D eigenvalue weighted by Gasteiger charge is 2.19. The van der Waals surface area contributed by atoms with Gasteiger partial charge in [0.15, 0.2) is 0 Å². The van der Waals surface area contributed by atoms with E-state index >= 15 is 0 Å². The van der Waals surface area contributed by atoms with E-state index in [-0.39, 0.29) is 10.8 Å². The number of hydrogen-bond acceptors (Lipinski definition) is 5. The second-order valence-corrected chi connectivity index (χ2v) is 7.97. The van der Waals surface area contributed by atoms with E-state index in [4.69, 9.17) is 4.42 Å². The van der Waals surface area contributed by atoms with E-state index in [0.717, 1.165) is 28.7 Å². The summed E-state index contributed by atoms with van der Waals surface area (Å²) in [5.74, 6) is 0.643. The van der Waals surface area contributed by atoms with Crippen molar-refractivity contribution in [2.75, 3.05) is 14.2 Å². The Kier molecular flexibility index (Phi) is 5.83. The van der Waals surface area contributed by atoms with Crippen molar-refractivity contribution in [2.24, 2.45) is 0 Å². The summed E-state index contributed by atoms with van der Waals surface area (Å²) in [6.07, 6.45) is 0.727. The van der Waals surface area contributed by atoms with Crippen molar-refractivity contribution in [3.8, 4) is 0 Å². The number of para-hydroxylation sites is 1. The molecule has 0 aliphatic carbocycles. The lowest BCUT2D eigenvalue weighted by atomic mass is 10.1. The number of carbonyl (C=O) groups is 1. The van der Waals surface area contributed by atoms with Crippen LogP contribution in [0.1, 0.15) is 28.6 Å². The fraction of sp³-hybridized carbons (Fsp3) is 0.250. The molecule has 0 radical (unpaired) electrons. The third kappa shape index (κ3) is 3.94. The molecule has 3 rings (SSSR count). The molecule has 0 aliphatic rings. The van der Waals surface area contributed by atoms with Gasteiger partial charge in [-0.1, -0.05) is 30.0 Å². The zero-order valence-electron chi connectivity index (χ0n) is 15.9. The van der Waals surface area contributed by atoms with Crippen molar-refractivity contribution in [1.29, 1.82) is 0 Å². The zero-order valence-corrected chi connectivity index (χ0v) is 16.7. The van der Waals surface area contributed by atoms with E-state index in [1.54, 1.807) is 11.9 Å². The van der Waals surface area contributed by atoms with Crippen LogP contribution in [0, 0.1) is 0 Å². The van der Waals surface area contributed by atoms with Crippen LogP contribution in [-0.2, 0) is 27.8 Å². The molecule has 148 valence electrons. The smallest absolute Gasteiger partial charge is 0.262 e. The number of nitrogens with one attached hydrogen (secondary N) is 1. The third-order valence-corrected chi connectivity index (χ3v) is 5.73. The van der Waals surface area contributed by atoms with Crippen molar-refractivity contribution < 1.29 is 22.5 Å². The Morgan fingerprint density at radius 2 is 1.82 bits per heavy atom. The number of rotatable bonds is 7. The van der Waals surface area contributed by atoms with Crippen molar-refractivity contribution in [3.05, 3.63) is 65.4 Å². The summed E-state index contributed by atoms with van der Waals surface area (Å²) in [6, 6.07) is 13.4. The van der Waals surface area contributed by atoms with Crippen LogP contribution in [0.2, 0.25) is 0 Å². The number of benzene rings is 2. The Morgan fingerprint density at radius 1 is 1.14 bits per heavy atom. The number of fused-ring (bicyclic) bond motifs is 1. The molecule has 1 heterocycles. The number of carbonyl (C=O) groups excluding carboxylic acids is 1. The summed E-state index contributed by atoms with van der Waals surface area (Å²) >= 11 is 0. The molecule has 0 saturated heterocycles. The number of amides is 1. The van der Waals surface area contributed by atoms with Gasteiger partial charge in [-0.15, -0.1) is 0 Å². The van der Waals surface area contributed by atoms with Crippen LogP contribution in [0.15, 0.2) is 57.8 Å². The number of hydrogen-bond donors (Lipinski definition) is 1. The summed E-state index contributed by atoms with van der Waals surface area (Å²) in [5.41, 5.74) is 2.18. The highest BCUT2D eigenvalue weighted by Crippen LogP contribution is 2.27. The van der Waals surface area contributed by atoms with E-state index in [2.05, 4.69) is 4.84 Å². The fourth-order valence-corrected chi connectivity index (χ4v) is 3.88. The first-order valence-corrected chi connectivity index (χ1v) is 10.2. The highest BCUT2D eigenvalue weighted by molar-refractivity contribution is 7.89. The molecule has 7 nitrogen and oxygen atoms in total. The Balaban J connectivity index is 1.82. The molecule has 1 amide bonds. The van der Waals surface area contributed by atoms with Gasteiger partial charge in [0, 0.05) is 36.5 Å². The molecular formula is C20H22N2O5S. The molecule has 1 N–H and O–H groups in total. The molecule has 0 aliphatic heterocycles. The van der Waals surface area contributed by atoms with Gasteiger partial charge in [0.1, 0.15) is 11.3 Å². The Bertz CT molecular complexity index is 1090. The standard InChI is InChI=1S/C20H22N2O5S/c1-4-18-17(16-7-5-6-8-19(16)27-18)13-22(2)20(23)14-9-11-15(12-10-14)28(24,25)21-26-3/h5-12,21H,4,13H2,1-3H3. The quantitative estimate of drug-likeness (QED) is 0.614. The number of furan rings is 1. The molecule has 28 heavy (non-hydrogen) atoms. The lowest BCUT2D eigenvalue weighted by molar-refractivity contribution is 0.0785. The van der Waals surface area contributed by atoms with Crippen molar-refractivity contribution >= 4 is 26.9 Å². The zero-order chi connectivity index (χ0) is 20.3. The second-order valence-electron chi connectivity index (χ2n) is 6.33. The van der Waals surface area contributed by atoms with Gasteiger partial charge in [-0.25, -0.2) is 8.42 Å². The summed E-state index contributed by atoms with van der Waals surface area (Å²) in [5, 5.41) is 0.992.